The van der Waals surface area contributed by atoms with Gasteiger partial charge < -0.3 is 10.6 Å². The summed E-state index contributed by atoms with van der Waals surface area (Å²) in [5.41, 5.74) is 5.89. The standard InChI is InChI=1S/C14H26N2O/c1-3-4-13(15)14(17)16(2)9-12-8-10-5-6-11(12)7-10/h10-13H,3-9,15H2,1-2H3/t10?,11?,12?,13-/m0/s1. The van der Waals surface area contributed by atoms with Gasteiger partial charge in [-0.3, -0.25) is 4.79 Å². The first-order chi connectivity index (χ1) is 8.11. The normalized spacial score (nSPS) is 32.8. The molecular formula is C14H26N2O. The number of hydrogen-bond acceptors (Lipinski definition) is 2. The molecule has 98 valence electrons. The Morgan fingerprint density at radius 3 is 2.71 bits per heavy atom. The highest BCUT2D eigenvalue weighted by Gasteiger charge is 2.40. The fraction of sp³-hybridized carbons (Fsp3) is 0.929. The van der Waals surface area contributed by atoms with Crippen LogP contribution in [0.2, 0.25) is 0 Å². The van der Waals surface area contributed by atoms with Crippen molar-refractivity contribution in [2.24, 2.45) is 23.5 Å². The molecule has 2 aliphatic rings. The summed E-state index contributed by atoms with van der Waals surface area (Å²) in [7, 11) is 1.92. The van der Waals surface area contributed by atoms with E-state index >= 15 is 0 Å². The monoisotopic (exact) mass is 238 g/mol. The second-order valence-electron chi connectivity index (χ2n) is 6.05. The van der Waals surface area contributed by atoms with Crippen molar-refractivity contribution in [2.75, 3.05) is 13.6 Å². The molecule has 4 atom stereocenters. The summed E-state index contributed by atoms with van der Waals surface area (Å²) in [6, 6.07) is -0.288. The highest BCUT2D eigenvalue weighted by atomic mass is 16.2. The largest absolute Gasteiger partial charge is 0.344 e. The molecule has 2 aliphatic carbocycles. The Morgan fingerprint density at radius 2 is 2.18 bits per heavy atom. The Kier molecular flexibility index (Phi) is 4.08. The predicted molar refractivity (Wildman–Crippen MR) is 69.5 cm³/mol. The molecule has 0 aliphatic heterocycles. The molecule has 0 spiro atoms. The molecule has 0 radical (unpaired) electrons. The number of hydrogen-bond donors (Lipinski definition) is 1. The Morgan fingerprint density at radius 1 is 1.41 bits per heavy atom. The van der Waals surface area contributed by atoms with Crippen molar-refractivity contribution in [3.63, 3.8) is 0 Å². The number of fused-ring (bicyclic) bond motifs is 2. The minimum absolute atomic E-state index is 0.134. The van der Waals surface area contributed by atoms with Crippen molar-refractivity contribution >= 4 is 5.91 Å². The van der Waals surface area contributed by atoms with Gasteiger partial charge in [0.2, 0.25) is 5.91 Å². The first-order valence-electron chi connectivity index (χ1n) is 7.12. The first-order valence-corrected chi connectivity index (χ1v) is 7.12. The quantitative estimate of drug-likeness (QED) is 0.796. The molecule has 0 saturated heterocycles. The van der Waals surface area contributed by atoms with Crippen LogP contribution in [0.5, 0.6) is 0 Å². The highest BCUT2D eigenvalue weighted by Crippen LogP contribution is 2.48. The number of nitrogens with zero attached hydrogens (tertiary/aromatic N) is 1. The van der Waals surface area contributed by atoms with Crippen LogP contribution in [0, 0.1) is 17.8 Å². The summed E-state index contributed by atoms with van der Waals surface area (Å²) in [6.07, 6.45) is 7.35. The molecule has 3 heteroatoms. The van der Waals surface area contributed by atoms with Gasteiger partial charge in [0.15, 0.2) is 0 Å². The van der Waals surface area contributed by atoms with Gasteiger partial charge in [-0.05, 0) is 43.4 Å². The molecule has 1 amide bonds. The lowest BCUT2D eigenvalue weighted by Crippen LogP contribution is -2.44. The average Bonchev–Trinajstić information content (AvgIpc) is 2.90. The van der Waals surface area contributed by atoms with Crippen LogP contribution in [-0.2, 0) is 4.79 Å². The van der Waals surface area contributed by atoms with Crippen molar-refractivity contribution in [3.8, 4) is 0 Å². The third-order valence-electron chi connectivity index (χ3n) is 4.69. The molecule has 0 aromatic heterocycles. The van der Waals surface area contributed by atoms with Crippen molar-refractivity contribution < 1.29 is 4.79 Å². The molecule has 2 N–H and O–H groups in total. The Labute approximate surface area is 105 Å². The molecular weight excluding hydrogens is 212 g/mol. The minimum atomic E-state index is -0.288. The van der Waals surface area contributed by atoms with Crippen LogP contribution in [0.3, 0.4) is 0 Å². The number of nitrogens with two attached hydrogens (primary N) is 1. The highest BCUT2D eigenvalue weighted by molar-refractivity contribution is 5.81. The van der Waals surface area contributed by atoms with Crippen molar-refractivity contribution in [2.45, 2.75) is 51.5 Å². The van der Waals surface area contributed by atoms with E-state index in [9.17, 15) is 4.79 Å². The maximum absolute atomic E-state index is 12.0. The summed E-state index contributed by atoms with van der Waals surface area (Å²) in [5, 5.41) is 0. The summed E-state index contributed by atoms with van der Waals surface area (Å²) in [4.78, 5) is 13.9. The zero-order valence-corrected chi connectivity index (χ0v) is 11.2. The van der Waals surface area contributed by atoms with E-state index in [0.717, 1.165) is 37.1 Å². The third-order valence-corrected chi connectivity index (χ3v) is 4.69. The van der Waals surface area contributed by atoms with Crippen LogP contribution >= 0.6 is 0 Å². The summed E-state index contributed by atoms with van der Waals surface area (Å²) in [6.45, 7) is 3.00. The number of carbonyl (C=O) groups is 1. The van der Waals surface area contributed by atoms with Crippen LogP contribution in [-0.4, -0.2) is 30.4 Å². The molecule has 2 rings (SSSR count). The number of amides is 1. The summed E-state index contributed by atoms with van der Waals surface area (Å²) in [5.74, 6) is 2.72. The SMILES string of the molecule is CCC[C@H](N)C(=O)N(C)CC1CC2CCC1C2. The average molecular weight is 238 g/mol. The lowest BCUT2D eigenvalue weighted by Gasteiger charge is -2.28. The van der Waals surface area contributed by atoms with Gasteiger partial charge in [-0.2, -0.15) is 0 Å². The fourth-order valence-electron chi connectivity index (χ4n) is 3.76. The van der Waals surface area contributed by atoms with Crippen molar-refractivity contribution in [3.05, 3.63) is 0 Å². The second kappa shape index (κ2) is 5.38. The van der Waals surface area contributed by atoms with E-state index in [1.807, 2.05) is 11.9 Å². The fourth-order valence-corrected chi connectivity index (χ4v) is 3.76. The molecule has 17 heavy (non-hydrogen) atoms. The van der Waals surface area contributed by atoms with E-state index in [-0.39, 0.29) is 11.9 Å². The minimum Gasteiger partial charge on any atom is -0.344 e. The molecule has 0 aromatic carbocycles. The van der Waals surface area contributed by atoms with E-state index in [4.69, 9.17) is 5.73 Å². The van der Waals surface area contributed by atoms with Crippen molar-refractivity contribution in [1.29, 1.82) is 0 Å². The van der Waals surface area contributed by atoms with Gasteiger partial charge in [0, 0.05) is 13.6 Å². The first kappa shape index (κ1) is 12.9. The van der Waals surface area contributed by atoms with E-state index in [2.05, 4.69) is 6.92 Å². The van der Waals surface area contributed by atoms with Gasteiger partial charge >= 0.3 is 0 Å². The van der Waals surface area contributed by atoms with Gasteiger partial charge in [-0.1, -0.05) is 19.8 Å². The zero-order valence-electron chi connectivity index (χ0n) is 11.2. The maximum Gasteiger partial charge on any atom is 0.239 e. The lowest BCUT2D eigenvalue weighted by atomic mass is 9.88. The second-order valence-corrected chi connectivity index (χ2v) is 6.05. The van der Waals surface area contributed by atoms with E-state index in [0.29, 0.717) is 0 Å². The smallest absolute Gasteiger partial charge is 0.239 e. The third kappa shape index (κ3) is 2.82. The van der Waals surface area contributed by atoms with E-state index < -0.39 is 0 Å². The zero-order chi connectivity index (χ0) is 12.4. The van der Waals surface area contributed by atoms with Gasteiger partial charge in [-0.25, -0.2) is 0 Å². The molecule has 2 saturated carbocycles. The lowest BCUT2D eigenvalue weighted by molar-refractivity contribution is -0.132. The molecule has 3 unspecified atom stereocenters. The van der Waals surface area contributed by atoms with Gasteiger partial charge in [-0.15, -0.1) is 0 Å². The maximum atomic E-state index is 12.0. The molecule has 0 heterocycles. The summed E-state index contributed by atoms with van der Waals surface area (Å²) < 4.78 is 0. The van der Waals surface area contributed by atoms with Gasteiger partial charge in [0.25, 0.3) is 0 Å². The Bertz CT molecular complexity index is 279. The van der Waals surface area contributed by atoms with E-state index in [1.54, 1.807) is 0 Å². The number of likely N-dealkylation sites (N-methyl/N-ethyl adjacent to an activating group) is 1. The van der Waals surface area contributed by atoms with E-state index in [1.165, 1.54) is 25.7 Å². The summed E-state index contributed by atoms with van der Waals surface area (Å²) >= 11 is 0. The predicted octanol–water partition coefficient (Wildman–Crippen LogP) is 2.01. The Balaban J connectivity index is 1.80. The van der Waals surface area contributed by atoms with Crippen molar-refractivity contribution in [1.82, 2.24) is 4.90 Å². The molecule has 2 bridgehead atoms. The van der Waals surface area contributed by atoms with Crippen LogP contribution < -0.4 is 5.73 Å². The van der Waals surface area contributed by atoms with Gasteiger partial charge in [0.1, 0.15) is 0 Å². The van der Waals surface area contributed by atoms with Crippen LogP contribution in [0.1, 0.15) is 45.4 Å². The van der Waals surface area contributed by atoms with Gasteiger partial charge in [0.05, 0.1) is 6.04 Å². The number of carbonyl (C=O) groups excluding carboxylic acids is 1. The number of rotatable bonds is 5. The van der Waals surface area contributed by atoms with Crippen LogP contribution in [0.4, 0.5) is 0 Å². The Hall–Kier alpha value is -0.570. The molecule has 2 fully saturated rings. The topological polar surface area (TPSA) is 46.3 Å². The molecule has 0 aromatic rings. The molecule has 3 nitrogen and oxygen atoms in total. The van der Waals surface area contributed by atoms with Crippen LogP contribution in [0.15, 0.2) is 0 Å². The van der Waals surface area contributed by atoms with Crippen LogP contribution in [0.25, 0.3) is 0 Å².